The summed E-state index contributed by atoms with van der Waals surface area (Å²) < 4.78 is 0. The smallest absolute Gasteiger partial charge is 0.142 e. The maximum absolute atomic E-state index is 6.02. The van der Waals surface area contributed by atoms with Crippen molar-refractivity contribution in [2.75, 3.05) is 14.1 Å². The Balaban J connectivity index is 3.13. The normalized spacial score (nSPS) is 30.1. The second-order valence-electron chi connectivity index (χ2n) is 4.62. The molecular weight excluding hydrogens is 198 g/mol. The van der Waals surface area contributed by atoms with Gasteiger partial charge in [0.2, 0.25) is 0 Å². The molecule has 1 aliphatic heterocycles. The molecule has 3 nitrogen and oxygen atoms in total. The summed E-state index contributed by atoms with van der Waals surface area (Å²) >= 11 is 0. The molecule has 3 atom stereocenters. The Morgan fingerprint density at radius 1 is 1.56 bits per heavy atom. The fourth-order valence-electron chi connectivity index (χ4n) is 2.31. The molecule has 16 heavy (non-hydrogen) atoms. The molecule has 0 fully saturated rings. The van der Waals surface area contributed by atoms with Gasteiger partial charge in [0, 0.05) is 14.1 Å². The lowest BCUT2D eigenvalue weighted by Gasteiger charge is -2.22. The van der Waals surface area contributed by atoms with Crippen molar-refractivity contribution in [3.63, 3.8) is 0 Å². The molecule has 0 amide bonds. The van der Waals surface area contributed by atoms with Crippen LogP contribution in [0.1, 0.15) is 20.3 Å². The van der Waals surface area contributed by atoms with Crippen molar-refractivity contribution in [1.82, 2.24) is 4.90 Å². The van der Waals surface area contributed by atoms with Gasteiger partial charge in [-0.15, -0.1) is 6.58 Å². The van der Waals surface area contributed by atoms with Crippen molar-refractivity contribution in [2.45, 2.75) is 26.3 Å². The Bertz CT molecular complexity index is 315. The van der Waals surface area contributed by atoms with Gasteiger partial charge in [0.25, 0.3) is 0 Å². The van der Waals surface area contributed by atoms with Crippen LogP contribution in [0, 0.1) is 11.8 Å². The van der Waals surface area contributed by atoms with Crippen LogP contribution < -0.4 is 5.73 Å². The van der Waals surface area contributed by atoms with Crippen molar-refractivity contribution in [3.05, 3.63) is 24.4 Å². The quantitative estimate of drug-likeness (QED) is 0.741. The molecule has 0 spiro atoms. The summed E-state index contributed by atoms with van der Waals surface area (Å²) in [7, 11) is 3.99. The van der Waals surface area contributed by atoms with Gasteiger partial charge in [-0.25, -0.2) is 0 Å². The van der Waals surface area contributed by atoms with E-state index < -0.39 is 0 Å². The molecule has 0 aliphatic carbocycles. The molecule has 90 valence electrons. The molecule has 3 heteroatoms. The van der Waals surface area contributed by atoms with Crippen LogP contribution in [0.4, 0.5) is 0 Å². The molecule has 0 aromatic carbocycles. The van der Waals surface area contributed by atoms with E-state index in [2.05, 4.69) is 31.5 Å². The van der Waals surface area contributed by atoms with Gasteiger partial charge < -0.3 is 10.6 Å². The summed E-state index contributed by atoms with van der Waals surface area (Å²) in [4.78, 5) is 6.59. The van der Waals surface area contributed by atoms with Gasteiger partial charge in [-0.05, 0) is 11.8 Å². The average Bonchev–Trinajstić information content (AvgIpc) is 2.35. The lowest BCUT2D eigenvalue weighted by atomic mass is 9.85. The topological polar surface area (TPSA) is 41.6 Å². The van der Waals surface area contributed by atoms with Gasteiger partial charge >= 0.3 is 0 Å². The van der Waals surface area contributed by atoms with Gasteiger partial charge in [0.15, 0.2) is 0 Å². The minimum Gasteiger partial charge on any atom is -0.382 e. The predicted molar refractivity (Wildman–Crippen MR) is 70.3 cm³/mol. The van der Waals surface area contributed by atoms with Crippen molar-refractivity contribution in [1.29, 1.82) is 0 Å². The third-order valence-corrected chi connectivity index (χ3v) is 3.28. The van der Waals surface area contributed by atoms with E-state index in [1.54, 1.807) is 0 Å². The van der Waals surface area contributed by atoms with Gasteiger partial charge in [-0.1, -0.05) is 32.4 Å². The zero-order chi connectivity index (χ0) is 12.3. The van der Waals surface area contributed by atoms with Crippen LogP contribution in [0.25, 0.3) is 0 Å². The number of hydrogen-bond acceptors (Lipinski definition) is 3. The van der Waals surface area contributed by atoms with Gasteiger partial charge in [-0.3, -0.25) is 4.99 Å². The molecular formula is C13H23N3. The molecule has 1 rings (SSSR count). The van der Waals surface area contributed by atoms with Crippen LogP contribution >= 0.6 is 0 Å². The van der Waals surface area contributed by atoms with E-state index in [1.165, 1.54) is 0 Å². The maximum Gasteiger partial charge on any atom is 0.142 e. The minimum atomic E-state index is 0.133. The number of likely N-dealkylation sites (N-methyl/N-ethyl adjacent to an activating group) is 1. The van der Waals surface area contributed by atoms with Gasteiger partial charge in [-0.2, -0.15) is 0 Å². The maximum atomic E-state index is 6.02. The molecule has 0 aromatic heterocycles. The lowest BCUT2D eigenvalue weighted by Crippen LogP contribution is -2.26. The monoisotopic (exact) mass is 221 g/mol. The highest BCUT2D eigenvalue weighted by Gasteiger charge is 2.26. The molecule has 0 radical (unpaired) electrons. The van der Waals surface area contributed by atoms with Crippen LogP contribution in [-0.4, -0.2) is 30.9 Å². The number of allylic oxidation sites excluding steroid dienone is 1. The standard InChI is InChI=1S/C13H23N3/c1-6-10-9(3)8-12(16(4)5)13(14)15-11(10)7-2/h7-11H,2,6H2,1,3-5H3,(H2,14,15). The third-order valence-electron chi connectivity index (χ3n) is 3.28. The predicted octanol–water partition coefficient (Wildman–Crippen LogP) is 2.02. The zero-order valence-corrected chi connectivity index (χ0v) is 10.8. The Hall–Kier alpha value is -1.25. The summed E-state index contributed by atoms with van der Waals surface area (Å²) in [6.45, 7) is 8.28. The molecule has 0 aromatic rings. The first-order chi connectivity index (χ1) is 7.51. The molecule has 1 heterocycles. The molecule has 1 aliphatic rings. The second-order valence-corrected chi connectivity index (χ2v) is 4.62. The van der Waals surface area contributed by atoms with E-state index in [1.807, 2.05) is 25.1 Å². The lowest BCUT2D eigenvalue weighted by molar-refractivity contribution is 0.372. The fourth-order valence-corrected chi connectivity index (χ4v) is 2.31. The summed E-state index contributed by atoms with van der Waals surface area (Å²) in [6.07, 6.45) is 5.21. The van der Waals surface area contributed by atoms with Crippen molar-refractivity contribution in [2.24, 2.45) is 22.6 Å². The van der Waals surface area contributed by atoms with E-state index in [0.29, 0.717) is 17.7 Å². The summed E-state index contributed by atoms with van der Waals surface area (Å²) in [6, 6.07) is 0.133. The van der Waals surface area contributed by atoms with E-state index in [0.717, 1.165) is 12.1 Å². The van der Waals surface area contributed by atoms with Gasteiger partial charge in [0.1, 0.15) is 5.84 Å². The number of hydrogen-bond donors (Lipinski definition) is 1. The average molecular weight is 221 g/mol. The van der Waals surface area contributed by atoms with Crippen molar-refractivity contribution < 1.29 is 0 Å². The zero-order valence-electron chi connectivity index (χ0n) is 10.8. The van der Waals surface area contributed by atoms with Crippen LogP contribution in [0.2, 0.25) is 0 Å². The number of aliphatic imine (C=N–C) groups is 1. The first-order valence-electron chi connectivity index (χ1n) is 5.86. The van der Waals surface area contributed by atoms with Crippen molar-refractivity contribution in [3.8, 4) is 0 Å². The summed E-state index contributed by atoms with van der Waals surface area (Å²) in [5.74, 6) is 1.58. The van der Waals surface area contributed by atoms with Crippen LogP contribution in [-0.2, 0) is 0 Å². The highest BCUT2D eigenvalue weighted by atomic mass is 15.1. The summed E-state index contributed by atoms with van der Waals surface area (Å²) in [5.41, 5.74) is 7.04. The Morgan fingerprint density at radius 2 is 2.19 bits per heavy atom. The molecule has 0 saturated heterocycles. The number of nitrogens with two attached hydrogens (primary N) is 1. The highest BCUT2D eigenvalue weighted by Crippen LogP contribution is 2.28. The second kappa shape index (κ2) is 5.19. The number of amidine groups is 1. The largest absolute Gasteiger partial charge is 0.382 e. The number of rotatable bonds is 3. The van der Waals surface area contributed by atoms with Crippen LogP contribution in [0.3, 0.4) is 0 Å². The SMILES string of the molecule is C=CC1N=C(N)C(N(C)C)=CC(C)C1CC. The van der Waals surface area contributed by atoms with Crippen molar-refractivity contribution >= 4 is 5.84 Å². The fraction of sp³-hybridized carbons (Fsp3) is 0.615. The molecule has 3 unspecified atom stereocenters. The minimum absolute atomic E-state index is 0.133. The van der Waals surface area contributed by atoms with E-state index in [9.17, 15) is 0 Å². The van der Waals surface area contributed by atoms with E-state index in [-0.39, 0.29) is 6.04 Å². The first-order valence-corrected chi connectivity index (χ1v) is 5.86. The molecule has 0 saturated carbocycles. The third kappa shape index (κ3) is 2.46. The summed E-state index contributed by atoms with van der Waals surface area (Å²) in [5, 5.41) is 0. The van der Waals surface area contributed by atoms with Gasteiger partial charge in [0.05, 0.1) is 11.7 Å². The molecule has 0 bridgehead atoms. The van der Waals surface area contributed by atoms with Crippen LogP contribution in [0.5, 0.6) is 0 Å². The Morgan fingerprint density at radius 3 is 2.62 bits per heavy atom. The molecule has 2 N–H and O–H groups in total. The number of nitrogens with zero attached hydrogens (tertiary/aromatic N) is 2. The van der Waals surface area contributed by atoms with E-state index in [4.69, 9.17) is 5.73 Å². The Kier molecular flexibility index (Phi) is 4.16. The first kappa shape index (κ1) is 12.8. The van der Waals surface area contributed by atoms with E-state index >= 15 is 0 Å². The van der Waals surface area contributed by atoms with Crippen LogP contribution in [0.15, 0.2) is 29.4 Å². The highest BCUT2D eigenvalue weighted by molar-refractivity contribution is 5.96. The Labute approximate surface area is 98.7 Å².